The van der Waals surface area contributed by atoms with Gasteiger partial charge in [-0.1, -0.05) is 36.4 Å². The van der Waals surface area contributed by atoms with Gasteiger partial charge < -0.3 is 5.32 Å². The highest BCUT2D eigenvalue weighted by molar-refractivity contribution is 6.04. The molecule has 0 spiro atoms. The number of amides is 2. The number of aromatic amines is 1. The van der Waals surface area contributed by atoms with Gasteiger partial charge in [-0.15, -0.1) is 0 Å². The van der Waals surface area contributed by atoms with E-state index in [1.54, 1.807) is 12.3 Å². The van der Waals surface area contributed by atoms with Gasteiger partial charge in [0.25, 0.3) is 5.91 Å². The van der Waals surface area contributed by atoms with Gasteiger partial charge in [-0.3, -0.25) is 24.6 Å². The van der Waals surface area contributed by atoms with Crippen molar-refractivity contribution in [2.75, 3.05) is 5.32 Å². The highest BCUT2D eigenvalue weighted by Gasteiger charge is 2.23. The lowest BCUT2D eigenvalue weighted by Crippen LogP contribution is -2.25. The van der Waals surface area contributed by atoms with Crippen LogP contribution in [0.15, 0.2) is 85.2 Å². The van der Waals surface area contributed by atoms with Crippen LogP contribution in [0.1, 0.15) is 41.7 Å². The molecule has 6 rings (SSSR count). The normalized spacial score (nSPS) is 12.9. The van der Waals surface area contributed by atoms with Gasteiger partial charge in [0, 0.05) is 35.3 Å². The summed E-state index contributed by atoms with van der Waals surface area (Å²) in [5, 5.41) is 14.1. The number of rotatable bonds is 9. The first-order valence-corrected chi connectivity index (χ1v) is 12.9. The van der Waals surface area contributed by atoms with Crippen molar-refractivity contribution in [3.63, 3.8) is 0 Å². The Balaban J connectivity index is 1.21. The largest absolute Gasteiger partial charge is 0.353 e. The van der Waals surface area contributed by atoms with E-state index in [2.05, 4.69) is 26.9 Å². The fourth-order valence-electron chi connectivity index (χ4n) is 4.52. The zero-order valence-electron chi connectivity index (χ0n) is 20.9. The lowest BCUT2D eigenvalue weighted by molar-refractivity contribution is -0.121. The highest BCUT2D eigenvalue weighted by atomic mass is 16.2. The number of nitrogens with one attached hydrogen (secondary N) is 3. The smallest absolute Gasteiger partial charge is 0.258 e. The summed E-state index contributed by atoms with van der Waals surface area (Å²) in [6, 6.07) is 23.7. The molecule has 2 heterocycles. The summed E-state index contributed by atoms with van der Waals surface area (Å²) in [7, 11) is 0. The van der Waals surface area contributed by atoms with E-state index in [0.717, 1.165) is 46.3 Å². The summed E-state index contributed by atoms with van der Waals surface area (Å²) in [6.07, 6.45) is 7.69. The third-order valence-corrected chi connectivity index (χ3v) is 6.69. The summed E-state index contributed by atoms with van der Waals surface area (Å²) in [4.78, 5) is 30.1. The number of benzene rings is 3. The summed E-state index contributed by atoms with van der Waals surface area (Å²) >= 11 is 0. The van der Waals surface area contributed by atoms with Crippen LogP contribution in [0, 0.1) is 0 Å². The number of aryl methyl sites for hydroxylation is 1. The van der Waals surface area contributed by atoms with E-state index < -0.39 is 0 Å². The van der Waals surface area contributed by atoms with Crippen molar-refractivity contribution in [3.05, 3.63) is 96.4 Å². The van der Waals surface area contributed by atoms with Gasteiger partial charge >= 0.3 is 0 Å². The topological polar surface area (TPSA) is 105 Å². The van der Waals surface area contributed by atoms with Crippen molar-refractivity contribution in [1.82, 2.24) is 25.1 Å². The number of para-hydroxylation sites is 1. The van der Waals surface area contributed by atoms with E-state index in [0.29, 0.717) is 36.8 Å². The molecular weight excluding hydrogens is 476 g/mol. The number of hydrogen-bond acceptors (Lipinski definition) is 4. The first kappa shape index (κ1) is 23.7. The summed E-state index contributed by atoms with van der Waals surface area (Å²) in [5.41, 5.74) is 5.18. The maximum atomic E-state index is 13.3. The zero-order chi connectivity index (χ0) is 25.9. The Morgan fingerprint density at radius 2 is 1.82 bits per heavy atom. The molecule has 38 heavy (non-hydrogen) atoms. The monoisotopic (exact) mass is 504 g/mol. The summed E-state index contributed by atoms with van der Waals surface area (Å²) < 4.78 is 1.88. The van der Waals surface area contributed by atoms with Crippen molar-refractivity contribution in [3.8, 4) is 16.8 Å². The number of carbonyl (C=O) groups is 2. The minimum Gasteiger partial charge on any atom is -0.353 e. The van der Waals surface area contributed by atoms with Crippen LogP contribution >= 0.6 is 0 Å². The molecule has 0 unspecified atom stereocenters. The van der Waals surface area contributed by atoms with E-state index in [1.807, 2.05) is 71.4 Å². The molecule has 2 amide bonds. The van der Waals surface area contributed by atoms with Crippen LogP contribution in [-0.2, 0) is 11.2 Å². The third kappa shape index (κ3) is 5.34. The Labute approximate surface area is 220 Å². The maximum absolute atomic E-state index is 13.3. The molecule has 1 fully saturated rings. The van der Waals surface area contributed by atoms with Crippen LogP contribution in [0.2, 0.25) is 0 Å². The second-order valence-electron chi connectivity index (χ2n) is 9.66. The second-order valence-corrected chi connectivity index (χ2v) is 9.66. The average Bonchev–Trinajstić information content (AvgIpc) is 3.47. The quantitative estimate of drug-likeness (QED) is 0.254. The minimum atomic E-state index is -0.241. The van der Waals surface area contributed by atoms with E-state index in [-0.39, 0.29) is 11.8 Å². The molecule has 190 valence electrons. The van der Waals surface area contributed by atoms with Gasteiger partial charge in [-0.05, 0) is 73.2 Å². The molecule has 1 aliphatic carbocycles. The zero-order valence-corrected chi connectivity index (χ0v) is 20.9. The van der Waals surface area contributed by atoms with Gasteiger partial charge in [0.2, 0.25) is 11.9 Å². The molecule has 0 aliphatic heterocycles. The molecule has 0 bridgehead atoms. The number of imidazole rings is 1. The van der Waals surface area contributed by atoms with Crippen LogP contribution in [0.4, 0.5) is 5.95 Å². The van der Waals surface area contributed by atoms with Crippen LogP contribution in [-0.4, -0.2) is 37.6 Å². The number of nitrogens with zero attached hydrogens (tertiary/aromatic N) is 3. The molecule has 1 aliphatic rings. The maximum Gasteiger partial charge on any atom is 0.258 e. The molecule has 8 heteroatoms. The van der Waals surface area contributed by atoms with E-state index in [4.69, 9.17) is 4.98 Å². The van der Waals surface area contributed by atoms with Crippen molar-refractivity contribution < 1.29 is 9.59 Å². The molecule has 3 aromatic carbocycles. The van der Waals surface area contributed by atoms with Gasteiger partial charge in [-0.25, -0.2) is 4.98 Å². The predicted octanol–water partition coefficient (Wildman–Crippen LogP) is 5.27. The lowest BCUT2D eigenvalue weighted by Gasteiger charge is -2.10. The molecule has 0 saturated heterocycles. The molecule has 8 nitrogen and oxygen atoms in total. The van der Waals surface area contributed by atoms with Gasteiger partial charge in [0.15, 0.2) is 0 Å². The highest BCUT2D eigenvalue weighted by Crippen LogP contribution is 2.25. The van der Waals surface area contributed by atoms with E-state index in [1.165, 1.54) is 0 Å². The summed E-state index contributed by atoms with van der Waals surface area (Å²) in [5.74, 6) is 0.300. The lowest BCUT2D eigenvalue weighted by atomic mass is 10.0. The van der Waals surface area contributed by atoms with Crippen LogP contribution in [0.5, 0.6) is 0 Å². The Morgan fingerprint density at radius 3 is 2.66 bits per heavy atom. The molecule has 0 radical (unpaired) electrons. The molecule has 1 saturated carbocycles. The number of carbonyl (C=O) groups excluding carboxylic acids is 2. The minimum absolute atomic E-state index is 0.0929. The number of anilines is 1. The predicted molar refractivity (Wildman–Crippen MR) is 147 cm³/mol. The van der Waals surface area contributed by atoms with Crippen molar-refractivity contribution in [2.45, 2.75) is 38.1 Å². The number of hydrogen-bond donors (Lipinski definition) is 3. The molecule has 2 aromatic heterocycles. The first-order chi connectivity index (χ1) is 18.6. The molecular formula is C30H28N6O2. The summed E-state index contributed by atoms with van der Waals surface area (Å²) in [6.45, 7) is 0. The van der Waals surface area contributed by atoms with E-state index >= 15 is 0 Å². The fourth-order valence-corrected chi connectivity index (χ4v) is 4.52. The Bertz CT molecular complexity index is 1600. The fraction of sp³-hybridized carbons (Fsp3) is 0.200. The number of aromatic nitrogens is 4. The third-order valence-electron chi connectivity index (χ3n) is 6.69. The van der Waals surface area contributed by atoms with Crippen LogP contribution < -0.4 is 10.6 Å². The average molecular weight is 505 g/mol. The second kappa shape index (κ2) is 10.3. The Kier molecular flexibility index (Phi) is 6.44. The molecule has 0 atom stereocenters. The number of H-pyrrole nitrogens is 1. The van der Waals surface area contributed by atoms with Gasteiger partial charge in [0.05, 0.1) is 17.4 Å². The van der Waals surface area contributed by atoms with E-state index in [9.17, 15) is 9.59 Å². The van der Waals surface area contributed by atoms with Crippen molar-refractivity contribution >= 4 is 28.7 Å². The van der Waals surface area contributed by atoms with Gasteiger partial charge in [-0.2, -0.15) is 5.10 Å². The van der Waals surface area contributed by atoms with Crippen molar-refractivity contribution in [2.24, 2.45) is 0 Å². The Morgan fingerprint density at radius 1 is 0.974 bits per heavy atom. The van der Waals surface area contributed by atoms with Crippen molar-refractivity contribution in [1.29, 1.82) is 0 Å². The molecule has 3 N–H and O–H groups in total. The standard InChI is InChI=1S/C30H28N6O2/c37-28(32-24-13-14-24)11-5-8-25-19-36(26-9-2-1-3-10-26)30(33-25)34-29(38)22-7-4-6-20(16-22)21-12-15-27-23(17-21)18-31-35-27/h1-4,6-7,9-10,12,15-19,24H,5,8,11,13-14H2,(H,31,35)(H,32,37)(H,33,34,38). The SMILES string of the molecule is O=C(CCCc1cn(-c2ccccc2)c(NC(=O)c2cccc(-c3ccc4[nH]ncc4c3)c2)n1)NC1CC1. The first-order valence-electron chi connectivity index (χ1n) is 12.9. The number of fused-ring (bicyclic) bond motifs is 1. The van der Waals surface area contributed by atoms with Gasteiger partial charge in [0.1, 0.15) is 0 Å². The Hall–Kier alpha value is -4.72. The van der Waals surface area contributed by atoms with Crippen LogP contribution in [0.25, 0.3) is 27.7 Å². The molecule has 5 aromatic rings. The van der Waals surface area contributed by atoms with Crippen LogP contribution in [0.3, 0.4) is 0 Å².